The van der Waals surface area contributed by atoms with E-state index in [-0.39, 0.29) is 12.1 Å². The Balaban J connectivity index is 2.55. The van der Waals surface area contributed by atoms with Crippen molar-refractivity contribution in [2.75, 3.05) is 20.2 Å². The van der Waals surface area contributed by atoms with Crippen molar-refractivity contribution in [2.45, 2.75) is 31.9 Å². The minimum Gasteiger partial charge on any atom is -0.380 e. The third-order valence-electron chi connectivity index (χ3n) is 3.25. The Morgan fingerprint density at radius 2 is 1.88 bits per heavy atom. The van der Waals surface area contributed by atoms with Crippen LogP contribution in [0.4, 0.5) is 0 Å². The Labute approximate surface area is 104 Å². The molecule has 1 aromatic rings. The number of methoxy groups -OCH3 is 1. The van der Waals surface area contributed by atoms with Crippen LogP contribution in [-0.2, 0) is 4.74 Å². The highest BCUT2D eigenvalue weighted by molar-refractivity contribution is 5.20. The molecule has 0 saturated heterocycles. The Morgan fingerprint density at radius 1 is 1.24 bits per heavy atom. The largest absolute Gasteiger partial charge is 0.380 e. The van der Waals surface area contributed by atoms with Crippen LogP contribution in [0.5, 0.6) is 0 Å². The molecule has 0 radical (unpaired) electrons. The van der Waals surface area contributed by atoms with Gasteiger partial charge in [-0.2, -0.15) is 0 Å². The lowest BCUT2D eigenvalue weighted by atomic mass is 9.93. The van der Waals surface area contributed by atoms with E-state index in [0.717, 1.165) is 6.54 Å². The first-order valence-electron chi connectivity index (χ1n) is 6.20. The summed E-state index contributed by atoms with van der Waals surface area (Å²) < 4.78 is 5.23. The van der Waals surface area contributed by atoms with Crippen molar-refractivity contribution in [3.05, 3.63) is 35.9 Å². The van der Waals surface area contributed by atoms with Crippen molar-refractivity contribution in [3.8, 4) is 0 Å². The van der Waals surface area contributed by atoms with Gasteiger partial charge in [0.05, 0.1) is 6.10 Å². The van der Waals surface area contributed by atoms with Crippen LogP contribution in [0.3, 0.4) is 0 Å². The van der Waals surface area contributed by atoms with Crippen molar-refractivity contribution in [1.29, 1.82) is 0 Å². The zero-order chi connectivity index (χ0) is 12.7. The predicted molar refractivity (Wildman–Crippen MR) is 72.2 cm³/mol. The summed E-state index contributed by atoms with van der Waals surface area (Å²) >= 11 is 0. The minimum atomic E-state index is 0.215. The van der Waals surface area contributed by atoms with Crippen molar-refractivity contribution in [3.63, 3.8) is 0 Å². The maximum Gasteiger partial charge on any atom is 0.0667 e. The molecule has 96 valence electrons. The Kier molecular flexibility index (Phi) is 6.19. The summed E-state index contributed by atoms with van der Waals surface area (Å²) in [6, 6.07) is 10.8. The van der Waals surface area contributed by atoms with Crippen LogP contribution in [0.2, 0.25) is 0 Å². The molecule has 0 fully saturated rings. The molecule has 0 saturated carbocycles. The van der Waals surface area contributed by atoms with E-state index in [1.807, 2.05) is 13.0 Å². The smallest absolute Gasteiger partial charge is 0.0667 e. The van der Waals surface area contributed by atoms with E-state index in [2.05, 4.69) is 36.5 Å². The van der Waals surface area contributed by atoms with Gasteiger partial charge in [-0.1, -0.05) is 37.3 Å². The molecule has 0 amide bonds. The molecule has 0 aliphatic carbocycles. The Morgan fingerprint density at radius 3 is 2.41 bits per heavy atom. The lowest BCUT2D eigenvalue weighted by Crippen LogP contribution is -2.43. The summed E-state index contributed by atoms with van der Waals surface area (Å²) in [6.07, 6.45) is 0.215. The van der Waals surface area contributed by atoms with Gasteiger partial charge in [0, 0.05) is 26.2 Å². The molecule has 0 aliphatic rings. The number of hydrogen-bond acceptors (Lipinski definition) is 3. The SMILES string of the molecule is COC(C)CNC(CN)C(C)c1ccccc1. The fourth-order valence-corrected chi connectivity index (χ4v) is 1.85. The lowest BCUT2D eigenvalue weighted by Gasteiger charge is -2.25. The van der Waals surface area contributed by atoms with Gasteiger partial charge < -0.3 is 15.8 Å². The van der Waals surface area contributed by atoms with Crippen LogP contribution < -0.4 is 11.1 Å². The molecule has 0 heterocycles. The average Bonchev–Trinajstić information content (AvgIpc) is 2.39. The third kappa shape index (κ3) is 4.46. The van der Waals surface area contributed by atoms with Crippen LogP contribution in [0.1, 0.15) is 25.3 Å². The van der Waals surface area contributed by atoms with Crippen LogP contribution >= 0.6 is 0 Å². The molecule has 3 unspecified atom stereocenters. The molecule has 3 heteroatoms. The van der Waals surface area contributed by atoms with Crippen LogP contribution in [0, 0.1) is 0 Å². The summed E-state index contributed by atoms with van der Waals surface area (Å²) in [5, 5.41) is 3.47. The molecular formula is C14H24N2O. The first-order chi connectivity index (χ1) is 8.19. The average molecular weight is 236 g/mol. The van der Waals surface area contributed by atoms with Gasteiger partial charge in [0.15, 0.2) is 0 Å². The molecule has 0 spiro atoms. The van der Waals surface area contributed by atoms with E-state index >= 15 is 0 Å². The second kappa shape index (κ2) is 7.43. The molecule has 1 rings (SSSR count). The summed E-state index contributed by atoms with van der Waals surface area (Å²) in [6.45, 7) is 5.72. The standard InChI is InChI=1S/C14H24N2O/c1-11(17-3)10-16-14(9-15)12(2)13-7-5-4-6-8-13/h4-8,11-12,14,16H,9-10,15H2,1-3H3. The Bertz CT molecular complexity index is 302. The number of hydrogen-bond donors (Lipinski definition) is 2. The molecular weight excluding hydrogens is 212 g/mol. The van der Waals surface area contributed by atoms with E-state index in [9.17, 15) is 0 Å². The minimum absolute atomic E-state index is 0.215. The zero-order valence-electron chi connectivity index (χ0n) is 11.0. The topological polar surface area (TPSA) is 47.3 Å². The van der Waals surface area contributed by atoms with Crippen LogP contribution in [-0.4, -0.2) is 32.3 Å². The summed E-state index contributed by atoms with van der Waals surface area (Å²) in [4.78, 5) is 0. The number of nitrogens with two attached hydrogens (primary N) is 1. The first-order valence-corrected chi connectivity index (χ1v) is 6.20. The van der Waals surface area contributed by atoms with Gasteiger partial charge in [0.2, 0.25) is 0 Å². The molecule has 3 atom stereocenters. The number of rotatable bonds is 7. The fourth-order valence-electron chi connectivity index (χ4n) is 1.85. The van der Waals surface area contributed by atoms with Crippen molar-refractivity contribution in [2.24, 2.45) is 5.73 Å². The normalized spacial score (nSPS) is 16.5. The van der Waals surface area contributed by atoms with E-state index in [0.29, 0.717) is 12.5 Å². The summed E-state index contributed by atoms with van der Waals surface area (Å²) in [5.74, 6) is 0.408. The second-order valence-corrected chi connectivity index (χ2v) is 4.50. The van der Waals surface area contributed by atoms with Crippen molar-refractivity contribution >= 4 is 0 Å². The quantitative estimate of drug-likeness (QED) is 0.758. The van der Waals surface area contributed by atoms with E-state index in [1.54, 1.807) is 7.11 Å². The first kappa shape index (κ1) is 14.2. The zero-order valence-corrected chi connectivity index (χ0v) is 11.0. The van der Waals surface area contributed by atoms with E-state index < -0.39 is 0 Å². The van der Waals surface area contributed by atoms with Gasteiger partial charge in [-0.15, -0.1) is 0 Å². The molecule has 1 aromatic carbocycles. The molecule has 3 nitrogen and oxygen atoms in total. The maximum absolute atomic E-state index is 5.84. The van der Waals surface area contributed by atoms with Crippen LogP contribution in [0.25, 0.3) is 0 Å². The highest BCUT2D eigenvalue weighted by Crippen LogP contribution is 2.18. The summed E-state index contributed by atoms with van der Waals surface area (Å²) in [5.41, 5.74) is 7.16. The second-order valence-electron chi connectivity index (χ2n) is 4.50. The van der Waals surface area contributed by atoms with E-state index in [4.69, 9.17) is 10.5 Å². The van der Waals surface area contributed by atoms with Crippen molar-refractivity contribution < 1.29 is 4.74 Å². The van der Waals surface area contributed by atoms with Gasteiger partial charge in [0.25, 0.3) is 0 Å². The van der Waals surface area contributed by atoms with Gasteiger partial charge in [-0.25, -0.2) is 0 Å². The molecule has 17 heavy (non-hydrogen) atoms. The van der Waals surface area contributed by atoms with Gasteiger partial charge in [0.1, 0.15) is 0 Å². The van der Waals surface area contributed by atoms with Crippen molar-refractivity contribution in [1.82, 2.24) is 5.32 Å². The number of benzene rings is 1. The highest BCUT2D eigenvalue weighted by Gasteiger charge is 2.17. The lowest BCUT2D eigenvalue weighted by molar-refractivity contribution is 0.113. The number of ether oxygens (including phenoxy) is 1. The van der Waals surface area contributed by atoms with Gasteiger partial charge in [-0.05, 0) is 18.4 Å². The molecule has 0 aliphatic heterocycles. The third-order valence-corrected chi connectivity index (χ3v) is 3.25. The van der Waals surface area contributed by atoms with Gasteiger partial charge in [-0.3, -0.25) is 0 Å². The molecule has 0 aromatic heterocycles. The monoisotopic (exact) mass is 236 g/mol. The summed E-state index contributed by atoms with van der Waals surface area (Å²) in [7, 11) is 1.73. The van der Waals surface area contributed by atoms with Crippen LogP contribution in [0.15, 0.2) is 30.3 Å². The van der Waals surface area contributed by atoms with Gasteiger partial charge >= 0.3 is 0 Å². The maximum atomic E-state index is 5.84. The number of nitrogens with one attached hydrogen (secondary N) is 1. The fraction of sp³-hybridized carbons (Fsp3) is 0.571. The molecule has 3 N–H and O–H groups in total. The van der Waals surface area contributed by atoms with E-state index in [1.165, 1.54) is 5.56 Å². The highest BCUT2D eigenvalue weighted by atomic mass is 16.5. The Hall–Kier alpha value is -0.900. The molecule has 0 bridgehead atoms. The predicted octanol–water partition coefficient (Wildman–Crippen LogP) is 1.74.